The van der Waals surface area contributed by atoms with E-state index in [0.717, 1.165) is 32.1 Å². The zero-order valence-corrected chi connectivity index (χ0v) is 16.2. The van der Waals surface area contributed by atoms with Crippen molar-refractivity contribution in [2.24, 2.45) is 29.4 Å². The molecule has 144 valence electrons. The van der Waals surface area contributed by atoms with Gasteiger partial charge in [-0.3, -0.25) is 4.79 Å². The van der Waals surface area contributed by atoms with E-state index in [9.17, 15) is 13.2 Å². The van der Waals surface area contributed by atoms with Gasteiger partial charge in [0.15, 0.2) is 0 Å². The predicted octanol–water partition coefficient (Wildman–Crippen LogP) is 2.11. The lowest BCUT2D eigenvalue weighted by Crippen LogP contribution is -2.42. The Balaban J connectivity index is 0.00000196. The van der Waals surface area contributed by atoms with Crippen LogP contribution in [-0.2, 0) is 14.8 Å². The number of hydrogen-bond donors (Lipinski definition) is 3. The zero-order valence-electron chi connectivity index (χ0n) is 14.6. The van der Waals surface area contributed by atoms with Crippen LogP contribution in [-0.4, -0.2) is 26.9 Å². The Labute approximate surface area is 160 Å². The Bertz CT molecular complexity index is 762. The molecule has 3 aliphatic rings. The first-order valence-electron chi connectivity index (χ1n) is 9.10. The van der Waals surface area contributed by atoms with E-state index in [0.29, 0.717) is 30.0 Å². The molecule has 0 radical (unpaired) electrons. The van der Waals surface area contributed by atoms with Gasteiger partial charge >= 0.3 is 0 Å². The second kappa shape index (κ2) is 7.46. The molecule has 8 heteroatoms. The molecule has 4 N–H and O–H groups in total. The van der Waals surface area contributed by atoms with Crippen molar-refractivity contribution in [3.05, 3.63) is 24.3 Å². The van der Waals surface area contributed by atoms with Gasteiger partial charge in [-0.05, 0) is 74.1 Å². The number of hydrogen-bond acceptors (Lipinski definition) is 4. The Morgan fingerprint density at radius 3 is 2.31 bits per heavy atom. The SMILES string of the molecule is Cl.NC1C2CCC(C2)C1C(=O)Nc1ccc(S(=O)(=O)NCC2CC2)cc1. The van der Waals surface area contributed by atoms with Crippen molar-refractivity contribution < 1.29 is 13.2 Å². The summed E-state index contributed by atoms with van der Waals surface area (Å²) in [6, 6.07) is 6.30. The van der Waals surface area contributed by atoms with E-state index in [1.807, 2.05) is 0 Å². The maximum atomic E-state index is 12.6. The predicted molar refractivity (Wildman–Crippen MR) is 103 cm³/mol. The van der Waals surface area contributed by atoms with Crippen molar-refractivity contribution in [1.29, 1.82) is 0 Å². The first-order valence-corrected chi connectivity index (χ1v) is 10.6. The van der Waals surface area contributed by atoms with Crippen LogP contribution < -0.4 is 15.8 Å². The van der Waals surface area contributed by atoms with E-state index in [-0.39, 0.29) is 35.2 Å². The van der Waals surface area contributed by atoms with Gasteiger partial charge in [-0.2, -0.15) is 0 Å². The first-order chi connectivity index (χ1) is 11.9. The van der Waals surface area contributed by atoms with Crippen LogP contribution in [0.15, 0.2) is 29.2 Å². The van der Waals surface area contributed by atoms with E-state index in [1.54, 1.807) is 12.1 Å². The molecule has 4 rings (SSSR count). The van der Waals surface area contributed by atoms with Gasteiger partial charge in [-0.15, -0.1) is 12.4 Å². The zero-order chi connectivity index (χ0) is 17.6. The van der Waals surface area contributed by atoms with Crippen LogP contribution in [0.3, 0.4) is 0 Å². The molecule has 0 aromatic heterocycles. The number of sulfonamides is 1. The third-order valence-electron chi connectivity index (χ3n) is 5.97. The summed E-state index contributed by atoms with van der Waals surface area (Å²) >= 11 is 0. The number of anilines is 1. The highest BCUT2D eigenvalue weighted by Gasteiger charge is 2.49. The number of fused-ring (bicyclic) bond motifs is 2. The Morgan fingerprint density at radius 1 is 1.08 bits per heavy atom. The van der Waals surface area contributed by atoms with Crippen LogP contribution in [0.25, 0.3) is 0 Å². The van der Waals surface area contributed by atoms with Crippen LogP contribution in [0.1, 0.15) is 32.1 Å². The third kappa shape index (κ3) is 3.91. The van der Waals surface area contributed by atoms with Crippen molar-refractivity contribution >= 4 is 34.0 Å². The van der Waals surface area contributed by atoms with Gasteiger partial charge in [0.25, 0.3) is 0 Å². The second-order valence-corrected chi connectivity index (χ2v) is 9.51. The van der Waals surface area contributed by atoms with E-state index in [4.69, 9.17) is 5.73 Å². The molecule has 0 saturated heterocycles. The van der Waals surface area contributed by atoms with Crippen LogP contribution in [0.4, 0.5) is 5.69 Å². The smallest absolute Gasteiger partial charge is 0.240 e. The number of halogens is 1. The molecule has 4 atom stereocenters. The summed E-state index contributed by atoms with van der Waals surface area (Å²) in [5.41, 5.74) is 6.83. The minimum Gasteiger partial charge on any atom is -0.327 e. The molecule has 0 spiro atoms. The number of carbonyl (C=O) groups is 1. The van der Waals surface area contributed by atoms with Crippen molar-refractivity contribution in [2.75, 3.05) is 11.9 Å². The average molecular weight is 400 g/mol. The van der Waals surface area contributed by atoms with E-state index >= 15 is 0 Å². The van der Waals surface area contributed by atoms with Gasteiger partial charge in [0.05, 0.1) is 10.8 Å². The number of carbonyl (C=O) groups excluding carboxylic acids is 1. The monoisotopic (exact) mass is 399 g/mol. The fraction of sp³-hybridized carbons (Fsp3) is 0.611. The van der Waals surface area contributed by atoms with E-state index in [2.05, 4.69) is 10.0 Å². The van der Waals surface area contributed by atoms with Crippen LogP contribution in [0.5, 0.6) is 0 Å². The fourth-order valence-electron chi connectivity index (χ4n) is 4.30. The van der Waals surface area contributed by atoms with Gasteiger partial charge < -0.3 is 11.1 Å². The molecule has 6 nitrogen and oxygen atoms in total. The third-order valence-corrected chi connectivity index (χ3v) is 7.41. The average Bonchev–Trinajstić information content (AvgIpc) is 3.22. The highest BCUT2D eigenvalue weighted by Crippen LogP contribution is 2.47. The molecule has 0 aliphatic heterocycles. The Kier molecular flexibility index (Phi) is 5.63. The molecular weight excluding hydrogens is 374 g/mol. The van der Waals surface area contributed by atoms with Crippen molar-refractivity contribution in [3.8, 4) is 0 Å². The number of nitrogens with one attached hydrogen (secondary N) is 2. The largest absolute Gasteiger partial charge is 0.327 e. The van der Waals surface area contributed by atoms with Crippen LogP contribution in [0.2, 0.25) is 0 Å². The number of benzene rings is 1. The minimum absolute atomic E-state index is 0. The second-order valence-electron chi connectivity index (χ2n) is 7.75. The summed E-state index contributed by atoms with van der Waals surface area (Å²) in [5, 5.41) is 2.90. The van der Waals surface area contributed by atoms with Crippen LogP contribution in [0, 0.1) is 23.7 Å². The van der Waals surface area contributed by atoms with Crippen LogP contribution >= 0.6 is 12.4 Å². The standard InChI is InChI=1S/C18H25N3O3S.ClH/c19-17-13-4-3-12(9-13)16(17)18(22)21-14-5-7-15(8-6-14)25(23,24)20-10-11-1-2-11;/h5-8,11-13,16-17,20H,1-4,9-10,19H2,(H,21,22);1H. The van der Waals surface area contributed by atoms with E-state index in [1.165, 1.54) is 12.1 Å². The Hall–Kier alpha value is -1.15. The summed E-state index contributed by atoms with van der Waals surface area (Å²) in [4.78, 5) is 12.8. The summed E-state index contributed by atoms with van der Waals surface area (Å²) in [6.45, 7) is 0.503. The lowest BCUT2D eigenvalue weighted by Gasteiger charge is -2.27. The number of rotatable bonds is 6. The number of amides is 1. The van der Waals surface area contributed by atoms with Gasteiger partial charge in [0, 0.05) is 18.3 Å². The van der Waals surface area contributed by atoms with Crippen molar-refractivity contribution in [1.82, 2.24) is 4.72 Å². The molecule has 3 saturated carbocycles. The van der Waals surface area contributed by atoms with Gasteiger partial charge in [-0.1, -0.05) is 0 Å². The summed E-state index contributed by atoms with van der Waals surface area (Å²) in [5.74, 6) is 1.20. The summed E-state index contributed by atoms with van der Waals surface area (Å²) in [6.07, 6.45) is 5.47. The molecule has 4 unspecified atom stereocenters. The molecule has 0 heterocycles. The molecule has 26 heavy (non-hydrogen) atoms. The summed E-state index contributed by atoms with van der Waals surface area (Å²) < 4.78 is 27.1. The number of nitrogens with two attached hydrogens (primary N) is 1. The highest BCUT2D eigenvalue weighted by molar-refractivity contribution is 7.89. The first kappa shape index (κ1) is 19.6. The van der Waals surface area contributed by atoms with Crippen molar-refractivity contribution in [2.45, 2.75) is 43.0 Å². The maximum Gasteiger partial charge on any atom is 0.240 e. The Morgan fingerprint density at radius 2 is 1.73 bits per heavy atom. The quantitative estimate of drug-likeness (QED) is 0.681. The lowest BCUT2D eigenvalue weighted by atomic mass is 9.84. The molecule has 1 aromatic rings. The normalized spacial score (nSPS) is 30.0. The van der Waals surface area contributed by atoms with Gasteiger partial charge in [0.1, 0.15) is 0 Å². The lowest BCUT2D eigenvalue weighted by molar-refractivity contribution is -0.121. The van der Waals surface area contributed by atoms with Crippen molar-refractivity contribution in [3.63, 3.8) is 0 Å². The minimum atomic E-state index is -3.47. The van der Waals surface area contributed by atoms with Gasteiger partial charge in [-0.25, -0.2) is 13.1 Å². The molecule has 1 aromatic carbocycles. The highest BCUT2D eigenvalue weighted by atomic mass is 35.5. The summed E-state index contributed by atoms with van der Waals surface area (Å²) in [7, 11) is -3.47. The molecule has 3 fully saturated rings. The molecule has 3 aliphatic carbocycles. The molecule has 1 amide bonds. The molecule has 2 bridgehead atoms. The fourth-order valence-corrected chi connectivity index (χ4v) is 5.42. The topological polar surface area (TPSA) is 101 Å². The van der Waals surface area contributed by atoms with E-state index < -0.39 is 10.0 Å². The van der Waals surface area contributed by atoms with Gasteiger partial charge in [0.2, 0.25) is 15.9 Å². The molecular formula is C18H26ClN3O3S. The maximum absolute atomic E-state index is 12.6.